The van der Waals surface area contributed by atoms with E-state index in [4.69, 9.17) is 14.3 Å². The Hall–Kier alpha value is -1.59. The molecule has 0 spiro atoms. The normalized spacial score (nSPS) is 22.6. The number of oxime groups is 1. The number of carbonyl (C=O) groups is 2. The maximum absolute atomic E-state index is 11.8. The van der Waals surface area contributed by atoms with Crippen LogP contribution in [-0.4, -0.2) is 36.5 Å². The zero-order valence-electron chi connectivity index (χ0n) is 10.3. The van der Waals surface area contributed by atoms with Gasteiger partial charge in [0.15, 0.2) is 0 Å². The van der Waals surface area contributed by atoms with E-state index in [1.54, 1.807) is 20.8 Å². The number of esters is 2. The van der Waals surface area contributed by atoms with E-state index >= 15 is 0 Å². The Bertz CT molecular complexity index is 339. The standard InChI is InChI=1S/C11H17NO5/c1-4-15-9(13)7-11(10(14)16-5-2)6-8(3)12-17-11/h4-7H2,1-3H3. The molecule has 0 N–H and O–H groups in total. The summed E-state index contributed by atoms with van der Waals surface area (Å²) in [6, 6.07) is 0. The van der Waals surface area contributed by atoms with Crippen LogP contribution in [0.15, 0.2) is 5.16 Å². The topological polar surface area (TPSA) is 74.2 Å². The van der Waals surface area contributed by atoms with Crippen molar-refractivity contribution in [3.63, 3.8) is 0 Å². The number of hydrogen-bond donors (Lipinski definition) is 0. The molecule has 0 fully saturated rings. The third-order valence-corrected chi connectivity index (χ3v) is 2.30. The molecule has 6 nitrogen and oxygen atoms in total. The van der Waals surface area contributed by atoms with Gasteiger partial charge >= 0.3 is 11.9 Å². The van der Waals surface area contributed by atoms with Crippen molar-refractivity contribution in [3.8, 4) is 0 Å². The molecule has 17 heavy (non-hydrogen) atoms. The summed E-state index contributed by atoms with van der Waals surface area (Å²) in [6.07, 6.45) is 0.0746. The molecule has 96 valence electrons. The highest BCUT2D eigenvalue weighted by Gasteiger charge is 2.49. The first-order valence-corrected chi connectivity index (χ1v) is 5.58. The maximum Gasteiger partial charge on any atom is 0.354 e. The van der Waals surface area contributed by atoms with Gasteiger partial charge in [-0.05, 0) is 20.8 Å². The lowest BCUT2D eigenvalue weighted by Crippen LogP contribution is -2.42. The third-order valence-electron chi connectivity index (χ3n) is 2.30. The summed E-state index contributed by atoms with van der Waals surface area (Å²) in [6.45, 7) is 5.61. The van der Waals surface area contributed by atoms with Crippen molar-refractivity contribution < 1.29 is 23.9 Å². The Morgan fingerprint density at radius 3 is 2.47 bits per heavy atom. The van der Waals surface area contributed by atoms with Crippen LogP contribution in [0, 0.1) is 0 Å². The van der Waals surface area contributed by atoms with Crippen LogP contribution in [-0.2, 0) is 23.9 Å². The Labute approximate surface area is 99.9 Å². The first-order valence-electron chi connectivity index (χ1n) is 5.58. The van der Waals surface area contributed by atoms with E-state index < -0.39 is 17.5 Å². The highest BCUT2D eigenvalue weighted by molar-refractivity contribution is 5.95. The molecule has 1 unspecified atom stereocenters. The van der Waals surface area contributed by atoms with Gasteiger partial charge in [-0.15, -0.1) is 0 Å². The number of rotatable bonds is 5. The second-order valence-corrected chi connectivity index (χ2v) is 3.79. The van der Waals surface area contributed by atoms with Crippen LogP contribution in [0.2, 0.25) is 0 Å². The van der Waals surface area contributed by atoms with E-state index in [2.05, 4.69) is 5.16 Å². The van der Waals surface area contributed by atoms with Crippen LogP contribution in [0.25, 0.3) is 0 Å². The highest BCUT2D eigenvalue weighted by atomic mass is 16.7. The van der Waals surface area contributed by atoms with Crippen molar-refractivity contribution in [2.75, 3.05) is 13.2 Å². The average molecular weight is 243 g/mol. The number of hydrogen-bond acceptors (Lipinski definition) is 6. The van der Waals surface area contributed by atoms with Crippen molar-refractivity contribution in [1.29, 1.82) is 0 Å². The molecule has 1 aliphatic rings. The lowest BCUT2D eigenvalue weighted by atomic mass is 9.94. The minimum Gasteiger partial charge on any atom is -0.466 e. The van der Waals surface area contributed by atoms with Gasteiger partial charge in [0.05, 0.1) is 25.3 Å². The van der Waals surface area contributed by atoms with Gasteiger partial charge in [-0.1, -0.05) is 5.16 Å². The molecular weight excluding hydrogens is 226 g/mol. The molecular formula is C11H17NO5. The predicted molar refractivity (Wildman–Crippen MR) is 59.4 cm³/mol. The second-order valence-electron chi connectivity index (χ2n) is 3.79. The van der Waals surface area contributed by atoms with Gasteiger partial charge in [-0.2, -0.15) is 0 Å². The Balaban J connectivity index is 2.74. The monoisotopic (exact) mass is 243 g/mol. The van der Waals surface area contributed by atoms with E-state index in [1.165, 1.54) is 0 Å². The van der Waals surface area contributed by atoms with E-state index in [0.717, 1.165) is 0 Å². The summed E-state index contributed by atoms with van der Waals surface area (Å²) in [5.41, 5.74) is -0.686. The number of nitrogens with zero attached hydrogens (tertiary/aromatic N) is 1. The third kappa shape index (κ3) is 3.18. The van der Waals surface area contributed by atoms with Crippen LogP contribution in [0.4, 0.5) is 0 Å². The van der Waals surface area contributed by atoms with E-state index in [-0.39, 0.29) is 26.1 Å². The Morgan fingerprint density at radius 1 is 1.35 bits per heavy atom. The van der Waals surface area contributed by atoms with Crippen LogP contribution in [0.3, 0.4) is 0 Å². The molecule has 0 saturated heterocycles. The smallest absolute Gasteiger partial charge is 0.354 e. The molecule has 0 aromatic carbocycles. The van der Waals surface area contributed by atoms with Crippen LogP contribution >= 0.6 is 0 Å². The molecule has 0 saturated carbocycles. The number of ether oxygens (including phenoxy) is 2. The van der Waals surface area contributed by atoms with Gasteiger partial charge in [0.2, 0.25) is 5.60 Å². The summed E-state index contributed by atoms with van der Waals surface area (Å²) in [5, 5.41) is 3.71. The largest absolute Gasteiger partial charge is 0.466 e. The van der Waals surface area contributed by atoms with Crippen LogP contribution in [0.5, 0.6) is 0 Å². The fourth-order valence-electron chi connectivity index (χ4n) is 1.63. The van der Waals surface area contributed by atoms with Gasteiger partial charge in [-0.3, -0.25) is 4.79 Å². The molecule has 0 aliphatic carbocycles. The summed E-state index contributed by atoms with van der Waals surface area (Å²) >= 11 is 0. The van der Waals surface area contributed by atoms with Crippen molar-refractivity contribution in [3.05, 3.63) is 0 Å². The Morgan fingerprint density at radius 2 is 2.00 bits per heavy atom. The molecule has 6 heteroatoms. The van der Waals surface area contributed by atoms with Gasteiger partial charge < -0.3 is 14.3 Å². The van der Waals surface area contributed by atoms with Crippen molar-refractivity contribution in [1.82, 2.24) is 0 Å². The summed E-state index contributed by atoms with van der Waals surface area (Å²) in [7, 11) is 0. The maximum atomic E-state index is 11.8. The molecule has 1 heterocycles. The summed E-state index contributed by atoms with van der Waals surface area (Å²) < 4.78 is 9.73. The molecule has 0 amide bonds. The molecule has 0 radical (unpaired) electrons. The molecule has 1 atom stereocenters. The van der Waals surface area contributed by atoms with Gasteiger partial charge in [0.25, 0.3) is 0 Å². The number of carbonyl (C=O) groups excluding carboxylic acids is 2. The highest BCUT2D eigenvalue weighted by Crippen LogP contribution is 2.29. The summed E-state index contributed by atoms with van der Waals surface area (Å²) in [5.74, 6) is -1.07. The first kappa shape index (κ1) is 13.5. The molecule has 1 aliphatic heterocycles. The quantitative estimate of drug-likeness (QED) is 0.674. The van der Waals surface area contributed by atoms with E-state index in [0.29, 0.717) is 5.71 Å². The minimum atomic E-state index is -1.34. The van der Waals surface area contributed by atoms with Crippen molar-refractivity contribution in [2.45, 2.75) is 39.2 Å². The van der Waals surface area contributed by atoms with Crippen molar-refractivity contribution >= 4 is 17.7 Å². The zero-order chi connectivity index (χ0) is 12.9. The minimum absolute atomic E-state index is 0.180. The average Bonchev–Trinajstić information content (AvgIpc) is 2.62. The molecule has 0 aromatic rings. The van der Waals surface area contributed by atoms with E-state index in [9.17, 15) is 9.59 Å². The molecule has 0 bridgehead atoms. The first-order chi connectivity index (χ1) is 8.04. The molecule has 1 rings (SSSR count). The van der Waals surface area contributed by atoms with E-state index in [1.807, 2.05) is 0 Å². The van der Waals surface area contributed by atoms with Crippen LogP contribution in [0.1, 0.15) is 33.6 Å². The van der Waals surface area contributed by atoms with Crippen LogP contribution < -0.4 is 0 Å². The summed E-state index contributed by atoms with van der Waals surface area (Å²) in [4.78, 5) is 28.4. The van der Waals surface area contributed by atoms with Crippen molar-refractivity contribution in [2.24, 2.45) is 5.16 Å². The zero-order valence-corrected chi connectivity index (χ0v) is 10.3. The lowest BCUT2D eigenvalue weighted by Gasteiger charge is -2.22. The fraction of sp³-hybridized carbons (Fsp3) is 0.727. The fourth-order valence-corrected chi connectivity index (χ4v) is 1.63. The van der Waals surface area contributed by atoms with Gasteiger partial charge in [0.1, 0.15) is 0 Å². The second kappa shape index (κ2) is 5.65. The van der Waals surface area contributed by atoms with Gasteiger partial charge in [-0.25, -0.2) is 4.79 Å². The predicted octanol–water partition coefficient (Wildman–Crippen LogP) is 1.04. The van der Waals surface area contributed by atoms with Gasteiger partial charge in [0, 0.05) is 6.42 Å². The SMILES string of the molecule is CCOC(=O)CC1(C(=O)OCC)CC(C)=NO1. The lowest BCUT2D eigenvalue weighted by molar-refractivity contribution is -0.176. The molecule has 0 aromatic heterocycles. The Kier molecular flexibility index (Phi) is 4.48.